The number of hydrogen-bond donors (Lipinski definition) is 2. The molecule has 1 aromatic heterocycles. The Kier molecular flexibility index (Phi) is 6.49. The van der Waals surface area contributed by atoms with Gasteiger partial charge in [-0.05, 0) is 30.3 Å². The summed E-state index contributed by atoms with van der Waals surface area (Å²) in [5.74, 6) is 1.13. The second kappa shape index (κ2) is 9.45. The van der Waals surface area contributed by atoms with Gasteiger partial charge in [-0.3, -0.25) is 4.79 Å². The van der Waals surface area contributed by atoms with Gasteiger partial charge in [0.2, 0.25) is 0 Å². The van der Waals surface area contributed by atoms with E-state index < -0.39 is 12.0 Å². The lowest BCUT2D eigenvalue weighted by atomic mass is 10.2. The van der Waals surface area contributed by atoms with Gasteiger partial charge in [-0.25, -0.2) is 0 Å². The number of furan rings is 1. The average Bonchev–Trinajstić information content (AvgIpc) is 3.19. The number of aliphatic hydroxyl groups is 1. The molecule has 27 heavy (non-hydrogen) atoms. The molecule has 0 saturated heterocycles. The van der Waals surface area contributed by atoms with Crippen molar-refractivity contribution in [1.82, 2.24) is 5.32 Å². The first-order valence-corrected chi connectivity index (χ1v) is 8.60. The van der Waals surface area contributed by atoms with Crippen molar-refractivity contribution in [2.75, 3.05) is 13.2 Å². The minimum atomic E-state index is -0.840. The molecule has 1 heterocycles. The van der Waals surface area contributed by atoms with E-state index in [2.05, 4.69) is 5.32 Å². The molecule has 1 amide bonds. The van der Waals surface area contributed by atoms with E-state index in [0.717, 1.165) is 0 Å². The molecule has 1 unspecified atom stereocenters. The van der Waals surface area contributed by atoms with Crippen LogP contribution in [0.15, 0.2) is 77.4 Å². The van der Waals surface area contributed by atoms with Gasteiger partial charge in [0.1, 0.15) is 30.8 Å². The summed E-state index contributed by atoms with van der Waals surface area (Å²) in [6.45, 7) is 0.334. The lowest BCUT2D eigenvalue weighted by molar-refractivity contribution is 0.0819. The van der Waals surface area contributed by atoms with Crippen molar-refractivity contribution in [1.29, 1.82) is 0 Å². The van der Waals surface area contributed by atoms with Crippen molar-refractivity contribution < 1.29 is 23.8 Å². The first-order chi connectivity index (χ1) is 13.2. The predicted molar refractivity (Wildman–Crippen MR) is 99.8 cm³/mol. The Bertz CT molecular complexity index is 832. The number of para-hydroxylation sites is 2. The lowest BCUT2D eigenvalue weighted by Gasteiger charge is -2.13. The maximum absolute atomic E-state index is 12.3. The summed E-state index contributed by atoms with van der Waals surface area (Å²) in [4.78, 5) is 12.3. The molecule has 1 atom stereocenters. The number of carbonyl (C=O) groups is 1. The molecule has 0 aliphatic heterocycles. The number of rotatable bonds is 9. The van der Waals surface area contributed by atoms with Gasteiger partial charge in [0.05, 0.1) is 6.26 Å². The van der Waals surface area contributed by atoms with Crippen molar-refractivity contribution >= 4 is 5.91 Å². The highest BCUT2D eigenvalue weighted by Gasteiger charge is 2.17. The maximum atomic E-state index is 12.3. The van der Waals surface area contributed by atoms with Gasteiger partial charge in [0.15, 0.2) is 5.76 Å². The Morgan fingerprint density at radius 3 is 2.26 bits per heavy atom. The van der Waals surface area contributed by atoms with Crippen LogP contribution in [0.3, 0.4) is 0 Å². The molecular weight excluding hydrogens is 346 g/mol. The fourth-order valence-corrected chi connectivity index (χ4v) is 2.39. The maximum Gasteiger partial charge on any atom is 0.287 e. The van der Waals surface area contributed by atoms with Crippen molar-refractivity contribution in [3.63, 3.8) is 0 Å². The molecule has 0 spiro atoms. The van der Waals surface area contributed by atoms with Gasteiger partial charge in [-0.15, -0.1) is 0 Å². The first kappa shape index (κ1) is 18.5. The zero-order valence-corrected chi connectivity index (χ0v) is 14.7. The third kappa shape index (κ3) is 5.62. The minimum Gasteiger partial charge on any atom is -0.491 e. The van der Waals surface area contributed by atoms with Crippen LogP contribution < -0.4 is 14.8 Å². The van der Waals surface area contributed by atoms with Crippen LogP contribution >= 0.6 is 0 Å². The van der Waals surface area contributed by atoms with Gasteiger partial charge in [0.25, 0.3) is 5.91 Å². The number of nitrogens with one attached hydrogen (secondary N) is 1. The highest BCUT2D eigenvalue weighted by atomic mass is 16.5. The predicted octanol–water partition coefficient (Wildman–Crippen LogP) is 3.03. The van der Waals surface area contributed by atoms with Gasteiger partial charge in [0, 0.05) is 12.1 Å². The molecule has 3 aromatic rings. The summed E-state index contributed by atoms with van der Waals surface area (Å²) in [5.41, 5.74) is 0.631. The van der Waals surface area contributed by atoms with Crippen LogP contribution in [0, 0.1) is 0 Å². The SMILES string of the molecule is O=C(NCC(O)COc1ccccc1)c1occc1COc1ccccc1. The van der Waals surface area contributed by atoms with Crippen molar-refractivity contribution in [2.45, 2.75) is 12.7 Å². The van der Waals surface area contributed by atoms with Gasteiger partial charge in [-0.2, -0.15) is 0 Å². The fourth-order valence-electron chi connectivity index (χ4n) is 2.39. The number of aliphatic hydroxyl groups excluding tert-OH is 1. The van der Waals surface area contributed by atoms with Crippen LogP contribution in [0.5, 0.6) is 11.5 Å². The fraction of sp³-hybridized carbons (Fsp3) is 0.190. The monoisotopic (exact) mass is 367 g/mol. The second-order valence-corrected chi connectivity index (χ2v) is 5.86. The first-order valence-electron chi connectivity index (χ1n) is 8.60. The van der Waals surface area contributed by atoms with Crippen molar-refractivity contribution in [2.24, 2.45) is 0 Å². The standard InChI is InChI=1S/C21H21NO5/c23-17(15-27-19-9-5-2-6-10-19)13-22-21(24)20-16(11-12-25-20)14-26-18-7-3-1-4-8-18/h1-12,17,23H,13-15H2,(H,22,24). The molecule has 0 bridgehead atoms. The summed E-state index contributed by atoms with van der Waals surface area (Å²) in [7, 11) is 0. The van der Waals surface area contributed by atoms with E-state index in [0.29, 0.717) is 17.1 Å². The summed E-state index contributed by atoms with van der Waals surface area (Å²) in [6, 6.07) is 20.2. The molecule has 0 aliphatic carbocycles. The minimum absolute atomic E-state index is 0.0470. The van der Waals surface area contributed by atoms with Crippen LogP contribution in [0.1, 0.15) is 16.1 Å². The van der Waals surface area contributed by atoms with E-state index in [1.807, 2.05) is 48.5 Å². The number of amides is 1. The zero-order chi connectivity index (χ0) is 18.9. The van der Waals surface area contributed by atoms with E-state index in [9.17, 15) is 9.90 Å². The Labute approximate surface area is 157 Å². The molecular formula is C21H21NO5. The number of benzene rings is 2. The molecule has 0 fully saturated rings. The van der Waals surface area contributed by atoms with Crippen LogP contribution in [-0.2, 0) is 6.61 Å². The molecule has 6 heteroatoms. The second-order valence-electron chi connectivity index (χ2n) is 5.86. The van der Waals surface area contributed by atoms with Crippen LogP contribution in [0.2, 0.25) is 0 Å². The third-order valence-electron chi connectivity index (χ3n) is 3.77. The molecule has 0 radical (unpaired) electrons. The Morgan fingerprint density at radius 1 is 0.963 bits per heavy atom. The van der Waals surface area contributed by atoms with E-state index >= 15 is 0 Å². The largest absolute Gasteiger partial charge is 0.491 e. The van der Waals surface area contributed by atoms with E-state index in [-0.39, 0.29) is 25.5 Å². The number of carbonyl (C=O) groups excluding carboxylic acids is 1. The van der Waals surface area contributed by atoms with E-state index in [1.54, 1.807) is 18.2 Å². The number of ether oxygens (including phenoxy) is 2. The summed E-state index contributed by atoms with van der Waals surface area (Å²) in [5, 5.41) is 12.6. The van der Waals surface area contributed by atoms with Crippen molar-refractivity contribution in [3.8, 4) is 11.5 Å². The molecule has 6 nitrogen and oxygen atoms in total. The van der Waals surface area contributed by atoms with E-state index in [4.69, 9.17) is 13.9 Å². The quantitative estimate of drug-likeness (QED) is 0.608. The highest BCUT2D eigenvalue weighted by Crippen LogP contribution is 2.16. The normalized spacial score (nSPS) is 11.6. The Balaban J connectivity index is 1.46. The Morgan fingerprint density at radius 2 is 1.59 bits per heavy atom. The highest BCUT2D eigenvalue weighted by molar-refractivity contribution is 5.92. The lowest BCUT2D eigenvalue weighted by Crippen LogP contribution is -2.35. The number of hydrogen-bond acceptors (Lipinski definition) is 5. The molecule has 140 valence electrons. The Hall–Kier alpha value is -3.25. The molecule has 0 aliphatic rings. The van der Waals surface area contributed by atoms with Crippen LogP contribution in [0.25, 0.3) is 0 Å². The van der Waals surface area contributed by atoms with Gasteiger partial charge >= 0.3 is 0 Å². The molecule has 3 rings (SSSR count). The molecule has 2 aromatic carbocycles. The third-order valence-corrected chi connectivity index (χ3v) is 3.77. The van der Waals surface area contributed by atoms with Crippen molar-refractivity contribution in [3.05, 3.63) is 84.3 Å². The molecule has 2 N–H and O–H groups in total. The topological polar surface area (TPSA) is 80.9 Å². The van der Waals surface area contributed by atoms with E-state index in [1.165, 1.54) is 6.26 Å². The van der Waals surface area contributed by atoms with Gasteiger partial charge < -0.3 is 24.3 Å². The smallest absolute Gasteiger partial charge is 0.287 e. The van der Waals surface area contributed by atoms with Crippen LogP contribution in [-0.4, -0.2) is 30.3 Å². The summed E-state index contributed by atoms with van der Waals surface area (Å²) >= 11 is 0. The molecule has 0 saturated carbocycles. The summed E-state index contributed by atoms with van der Waals surface area (Å²) < 4.78 is 16.4. The van der Waals surface area contributed by atoms with Crippen LogP contribution in [0.4, 0.5) is 0 Å². The van der Waals surface area contributed by atoms with Gasteiger partial charge in [-0.1, -0.05) is 36.4 Å². The zero-order valence-electron chi connectivity index (χ0n) is 14.7. The average molecular weight is 367 g/mol. The summed E-state index contributed by atoms with van der Waals surface area (Å²) in [6.07, 6.45) is 0.598.